The lowest BCUT2D eigenvalue weighted by Gasteiger charge is -2.25. The Morgan fingerprint density at radius 1 is 1.12 bits per heavy atom. The van der Waals surface area contributed by atoms with Crippen molar-refractivity contribution in [1.29, 1.82) is 0 Å². The quantitative estimate of drug-likeness (QED) is 0.519. The van der Waals surface area contributed by atoms with E-state index in [9.17, 15) is 17.6 Å². The molecule has 0 bridgehead atoms. The predicted octanol–water partition coefficient (Wildman–Crippen LogP) is 4.27. The fourth-order valence-electron chi connectivity index (χ4n) is 3.54. The molecule has 1 fully saturated rings. The molecule has 1 unspecified atom stereocenters. The molecule has 1 aliphatic rings. The number of benzene rings is 2. The molecule has 2 aromatic rings. The summed E-state index contributed by atoms with van der Waals surface area (Å²) in [5.41, 5.74) is 1.75. The Bertz CT molecular complexity index is 936. The van der Waals surface area contributed by atoms with Crippen LogP contribution in [0.15, 0.2) is 54.6 Å². The van der Waals surface area contributed by atoms with Crippen LogP contribution in [-0.4, -0.2) is 58.0 Å². The SMILES string of the molecule is CC.COC(=O)c1ccc(CN(c2ccccc2)S(=O)(=O)CCCN2CCC(F)C2)cc1. The number of hydrogen-bond donors (Lipinski definition) is 0. The van der Waals surface area contributed by atoms with Gasteiger partial charge in [-0.05, 0) is 49.2 Å². The van der Waals surface area contributed by atoms with Crippen LogP contribution in [0.5, 0.6) is 0 Å². The topological polar surface area (TPSA) is 66.9 Å². The Balaban J connectivity index is 0.00000176. The van der Waals surface area contributed by atoms with Crippen LogP contribution in [0.2, 0.25) is 0 Å². The lowest BCUT2D eigenvalue weighted by molar-refractivity contribution is 0.0600. The van der Waals surface area contributed by atoms with Crippen molar-refractivity contribution in [3.63, 3.8) is 0 Å². The molecule has 1 atom stereocenters. The number of halogens is 1. The number of sulfonamides is 1. The first kappa shape index (κ1) is 25.8. The lowest BCUT2D eigenvalue weighted by atomic mass is 10.1. The van der Waals surface area contributed by atoms with E-state index >= 15 is 0 Å². The van der Waals surface area contributed by atoms with Gasteiger partial charge < -0.3 is 9.64 Å². The van der Waals surface area contributed by atoms with Gasteiger partial charge in [-0.3, -0.25) is 4.31 Å². The predicted molar refractivity (Wildman–Crippen MR) is 126 cm³/mol. The van der Waals surface area contributed by atoms with E-state index in [4.69, 9.17) is 4.74 Å². The number of esters is 1. The first-order chi connectivity index (χ1) is 15.4. The van der Waals surface area contributed by atoms with Crippen LogP contribution in [0, 0.1) is 0 Å². The number of hydrogen-bond acceptors (Lipinski definition) is 5. The highest BCUT2D eigenvalue weighted by molar-refractivity contribution is 7.92. The number of carbonyl (C=O) groups excluding carboxylic acids is 1. The van der Waals surface area contributed by atoms with E-state index in [1.807, 2.05) is 24.8 Å². The van der Waals surface area contributed by atoms with Gasteiger partial charge in [-0.2, -0.15) is 0 Å². The van der Waals surface area contributed by atoms with Crippen LogP contribution in [0.25, 0.3) is 0 Å². The molecule has 1 aliphatic heterocycles. The van der Waals surface area contributed by atoms with E-state index in [1.165, 1.54) is 11.4 Å². The first-order valence-corrected chi connectivity index (χ1v) is 12.6. The largest absolute Gasteiger partial charge is 0.465 e. The van der Waals surface area contributed by atoms with Gasteiger partial charge in [0.1, 0.15) is 6.17 Å². The molecule has 32 heavy (non-hydrogen) atoms. The molecular formula is C24H33FN2O4S. The molecular weight excluding hydrogens is 431 g/mol. The number of likely N-dealkylation sites (tertiary alicyclic amines) is 1. The number of carbonyl (C=O) groups is 1. The average molecular weight is 465 g/mol. The summed E-state index contributed by atoms with van der Waals surface area (Å²) in [7, 11) is -2.27. The maximum absolute atomic E-state index is 13.3. The van der Waals surface area contributed by atoms with E-state index in [-0.39, 0.29) is 12.3 Å². The highest BCUT2D eigenvalue weighted by Crippen LogP contribution is 2.22. The Labute approximate surface area is 191 Å². The lowest BCUT2D eigenvalue weighted by Crippen LogP contribution is -2.34. The van der Waals surface area contributed by atoms with Crippen molar-refractivity contribution in [1.82, 2.24) is 4.90 Å². The van der Waals surface area contributed by atoms with Gasteiger partial charge in [0.25, 0.3) is 0 Å². The van der Waals surface area contributed by atoms with Crippen molar-refractivity contribution < 1.29 is 22.3 Å². The van der Waals surface area contributed by atoms with E-state index in [2.05, 4.69) is 0 Å². The zero-order valence-corrected chi connectivity index (χ0v) is 19.9. The van der Waals surface area contributed by atoms with Crippen LogP contribution in [0.3, 0.4) is 0 Å². The summed E-state index contributed by atoms with van der Waals surface area (Å²) in [4.78, 5) is 13.6. The fraction of sp³-hybridized carbons (Fsp3) is 0.458. The average Bonchev–Trinajstić information content (AvgIpc) is 3.23. The number of ether oxygens (including phenoxy) is 1. The molecule has 1 heterocycles. The monoisotopic (exact) mass is 464 g/mol. The highest BCUT2D eigenvalue weighted by Gasteiger charge is 2.25. The maximum Gasteiger partial charge on any atom is 0.337 e. The normalized spacial score (nSPS) is 16.2. The van der Waals surface area contributed by atoms with Crippen LogP contribution < -0.4 is 4.31 Å². The van der Waals surface area contributed by atoms with Gasteiger partial charge in [-0.25, -0.2) is 17.6 Å². The van der Waals surface area contributed by atoms with Gasteiger partial charge in [0.2, 0.25) is 10.0 Å². The number of methoxy groups -OCH3 is 1. The van der Waals surface area contributed by atoms with Crippen molar-refractivity contribution in [3.05, 3.63) is 65.7 Å². The summed E-state index contributed by atoms with van der Waals surface area (Å²) in [6, 6.07) is 15.6. The summed E-state index contributed by atoms with van der Waals surface area (Å²) >= 11 is 0. The molecule has 176 valence electrons. The molecule has 6 nitrogen and oxygen atoms in total. The standard InChI is InChI=1S/C22H27FN2O4S.C2H6/c1-29-22(26)19-10-8-18(9-11-19)16-25(21-6-3-2-4-7-21)30(27,28)15-5-13-24-14-12-20(23)17-24;1-2/h2-4,6-11,20H,5,12-17H2,1H3;1-2H3. The van der Waals surface area contributed by atoms with Crippen molar-refractivity contribution in [3.8, 4) is 0 Å². The summed E-state index contributed by atoms with van der Waals surface area (Å²) in [5, 5.41) is 0. The van der Waals surface area contributed by atoms with Gasteiger partial charge in [-0.15, -0.1) is 0 Å². The third-order valence-corrected chi connectivity index (χ3v) is 6.99. The third kappa shape index (κ3) is 7.31. The second kappa shape index (κ2) is 12.6. The zero-order chi connectivity index (χ0) is 23.6. The molecule has 8 heteroatoms. The van der Waals surface area contributed by atoms with Gasteiger partial charge in [0, 0.05) is 13.1 Å². The molecule has 0 amide bonds. The third-order valence-electron chi connectivity index (χ3n) is 5.17. The van der Waals surface area contributed by atoms with Crippen LogP contribution >= 0.6 is 0 Å². The van der Waals surface area contributed by atoms with Gasteiger partial charge in [0.05, 0.1) is 30.7 Å². The molecule has 0 aromatic heterocycles. The highest BCUT2D eigenvalue weighted by atomic mass is 32.2. The van der Waals surface area contributed by atoms with E-state index < -0.39 is 22.2 Å². The fourth-order valence-corrected chi connectivity index (χ4v) is 5.05. The maximum atomic E-state index is 13.3. The summed E-state index contributed by atoms with van der Waals surface area (Å²) in [5.74, 6) is -0.457. The Morgan fingerprint density at radius 2 is 1.78 bits per heavy atom. The molecule has 1 saturated heterocycles. The minimum atomic E-state index is -3.59. The van der Waals surface area contributed by atoms with E-state index in [0.717, 1.165) is 5.56 Å². The Kier molecular flexibility index (Phi) is 10.1. The van der Waals surface area contributed by atoms with Crippen LogP contribution in [0.4, 0.5) is 10.1 Å². The van der Waals surface area contributed by atoms with E-state index in [0.29, 0.717) is 43.7 Å². The molecule has 3 rings (SSSR count). The second-order valence-electron chi connectivity index (χ2n) is 7.39. The van der Waals surface area contributed by atoms with Crippen molar-refractivity contribution in [2.24, 2.45) is 0 Å². The number of alkyl halides is 1. The number of anilines is 1. The summed E-state index contributed by atoms with van der Waals surface area (Å²) < 4.78 is 45.7. The van der Waals surface area contributed by atoms with Crippen LogP contribution in [-0.2, 0) is 21.3 Å². The minimum absolute atomic E-state index is 0.0183. The molecule has 0 spiro atoms. The van der Waals surface area contributed by atoms with Crippen molar-refractivity contribution in [2.45, 2.75) is 39.4 Å². The zero-order valence-electron chi connectivity index (χ0n) is 19.0. The minimum Gasteiger partial charge on any atom is -0.465 e. The molecule has 0 aliphatic carbocycles. The van der Waals surface area contributed by atoms with Gasteiger partial charge in [-0.1, -0.05) is 44.2 Å². The smallest absolute Gasteiger partial charge is 0.337 e. The first-order valence-electron chi connectivity index (χ1n) is 11.0. The van der Waals surface area contributed by atoms with Crippen molar-refractivity contribution >= 4 is 21.7 Å². The molecule has 0 radical (unpaired) electrons. The Morgan fingerprint density at radius 3 is 2.34 bits per heavy atom. The van der Waals surface area contributed by atoms with Crippen LogP contribution in [0.1, 0.15) is 42.6 Å². The van der Waals surface area contributed by atoms with E-state index in [1.54, 1.807) is 48.5 Å². The Hall–Kier alpha value is -2.45. The van der Waals surface area contributed by atoms with Crippen molar-refractivity contribution in [2.75, 3.05) is 36.8 Å². The van der Waals surface area contributed by atoms with Gasteiger partial charge in [0.15, 0.2) is 0 Å². The molecule has 0 N–H and O–H groups in total. The second-order valence-corrected chi connectivity index (χ2v) is 9.40. The summed E-state index contributed by atoms with van der Waals surface area (Å²) in [6.45, 7) is 5.78. The number of para-hydroxylation sites is 1. The summed E-state index contributed by atoms with van der Waals surface area (Å²) in [6.07, 6.45) is 0.153. The molecule has 2 aromatic carbocycles. The molecule has 0 saturated carbocycles. The van der Waals surface area contributed by atoms with Gasteiger partial charge >= 0.3 is 5.97 Å². The number of nitrogens with zero attached hydrogens (tertiary/aromatic N) is 2. The number of rotatable bonds is 9.